The van der Waals surface area contributed by atoms with Crippen molar-refractivity contribution in [3.05, 3.63) is 74.2 Å². The second-order valence-electron chi connectivity index (χ2n) is 7.39. The molecule has 1 aliphatic heterocycles. The first kappa shape index (κ1) is 24.1. The second kappa shape index (κ2) is 10.5. The van der Waals surface area contributed by atoms with Crippen LogP contribution in [-0.2, 0) is 16.2 Å². The summed E-state index contributed by atoms with van der Waals surface area (Å²) in [6.45, 7) is 1.98. The van der Waals surface area contributed by atoms with Crippen molar-refractivity contribution in [3.8, 4) is 11.5 Å². The average Bonchev–Trinajstić information content (AvgIpc) is 3.05. The average molecular weight is 589 g/mol. The molecule has 0 atom stereocenters. The van der Waals surface area contributed by atoms with Gasteiger partial charge in [0, 0.05) is 0 Å². The number of carbonyl (C=O) groups is 3. The molecule has 1 aliphatic rings. The highest BCUT2D eigenvalue weighted by Gasteiger charge is 2.36. The van der Waals surface area contributed by atoms with E-state index in [1.54, 1.807) is 12.1 Å². The van der Waals surface area contributed by atoms with Crippen LogP contribution in [-0.4, -0.2) is 40.3 Å². The number of amides is 2. The van der Waals surface area contributed by atoms with Gasteiger partial charge in [-0.05, 0) is 87.5 Å². The summed E-state index contributed by atoms with van der Waals surface area (Å²) in [6, 6.07) is 17.9. The maximum Gasteiger partial charge on any atom is 0.323 e. The molecule has 4 rings (SSSR count). The molecule has 0 spiro atoms. The Labute approximate surface area is 213 Å². The number of carbonyl (C=O) groups excluding carboxylic acids is 2. The number of carboxylic acids is 1. The highest BCUT2D eigenvalue weighted by molar-refractivity contribution is 14.1. The van der Waals surface area contributed by atoms with Crippen molar-refractivity contribution in [2.24, 2.45) is 0 Å². The van der Waals surface area contributed by atoms with E-state index in [1.807, 2.05) is 31.2 Å². The summed E-state index contributed by atoms with van der Waals surface area (Å²) in [6.07, 6.45) is 1.56. The third-order valence-electron chi connectivity index (χ3n) is 4.99. The lowest BCUT2D eigenvalue weighted by molar-refractivity contribution is -0.140. The number of rotatable bonds is 8. The Morgan fingerprint density at radius 3 is 2.59 bits per heavy atom. The number of hydrogen-bond donors (Lipinski definition) is 1. The molecule has 0 saturated carbocycles. The Bertz CT molecular complexity index is 1320. The topological polar surface area (TPSA) is 93.1 Å². The Kier molecular flexibility index (Phi) is 7.42. The van der Waals surface area contributed by atoms with E-state index in [0.29, 0.717) is 46.9 Å². The van der Waals surface area contributed by atoms with E-state index in [1.165, 1.54) is 0 Å². The van der Waals surface area contributed by atoms with Crippen LogP contribution in [0.2, 0.25) is 0 Å². The van der Waals surface area contributed by atoms with Crippen molar-refractivity contribution in [1.82, 2.24) is 4.90 Å². The van der Waals surface area contributed by atoms with Crippen LogP contribution in [0.1, 0.15) is 18.1 Å². The van der Waals surface area contributed by atoms with Gasteiger partial charge in [-0.15, -0.1) is 0 Å². The molecule has 0 aromatic heterocycles. The first-order valence-electron chi connectivity index (χ1n) is 10.4. The molecule has 0 unspecified atom stereocenters. The van der Waals surface area contributed by atoms with Gasteiger partial charge in [-0.25, -0.2) is 0 Å². The van der Waals surface area contributed by atoms with E-state index in [9.17, 15) is 14.4 Å². The summed E-state index contributed by atoms with van der Waals surface area (Å²) in [5, 5.41) is 10.6. The van der Waals surface area contributed by atoms with Gasteiger partial charge in [-0.2, -0.15) is 0 Å². The van der Waals surface area contributed by atoms with Gasteiger partial charge < -0.3 is 14.6 Å². The van der Waals surface area contributed by atoms with Gasteiger partial charge in [-0.3, -0.25) is 19.3 Å². The Balaban J connectivity index is 1.57. The Morgan fingerprint density at radius 1 is 1.09 bits per heavy atom. The molecule has 1 heterocycles. The lowest BCUT2D eigenvalue weighted by Crippen LogP contribution is -2.33. The number of hydrogen-bond acceptors (Lipinski definition) is 6. The monoisotopic (exact) mass is 589 g/mol. The predicted molar refractivity (Wildman–Crippen MR) is 139 cm³/mol. The van der Waals surface area contributed by atoms with Crippen LogP contribution < -0.4 is 9.47 Å². The zero-order valence-electron chi connectivity index (χ0n) is 18.1. The van der Waals surface area contributed by atoms with Crippen LogP contribution in [0, 0.1) is 3.57 Å². The maximum atomic E-state index is 12.5. The first-order chi connectivity index (χ1) is 16.4. The fourth-order valence-electron chi connectivity index (χ4n) is 3.48. The normalized spacial score (nSPS) is 14.8. The standard InChI is InChI=1S/C25H20INO6S/c1-2-32-20-11-16(12-21-24(30)27(13-22(28)29)25(31)34-21)10-19(26)23(20)33-14-15-7-8-17-5-3-4-6-18(17)9-15/h3-12H,2,13-14H2,1H3,(H,28,29)/b21-12+. The van der Waals surface area contributed by atoms with Crippen LogP contribution >= 0.6 is 34.4 Å². The predicted octanol–water partition coefficient (Wildman–Crippen LogP) is 5.54. The van der Waals surface area contributed by atoms with Gasteiger partial charge in [-0.1, -0.05) is 36.4 Å². The van der Waals surface area contributed by atoms with Gasteiger partial charge in [0.1, 0.15) is 13.2 Å². The minimum atomic E-state index is -1.25. The molecular formula is C25H20INO6S. The number of imide groups is 1. The molecule has 34 heavy (non-hydrogen) atoms. The molecule has 1 fully saturated rings. The zero-order chi connectivity index (χ0) is 24.2. The third-order valence-corrected chi connectivity index (χ3v) is 6.70. The van der Waals surface area contributed by atoms with Crippen molar-refractivity contribution >= 4 is 68.3 Å². The van der Waals surface area contributed by atoms with Crippen molar-refractivity contribution in [1.29, 1.82) is 0 Å². The fourth-order valence-corrected chi connectivity index (χ4v) is 5.10. The molecule has 7 nitrogen and oxygen atoms in total. The Hall–Kier alpha value is -3.05. The molecule has 174 valence electrons. The molecule has 1 saturated heterocycles. The van der Waals surface area contributed by atoms with Gasteiger partial charge in [0.05, 0.1) is 15.1 Å². The number of ether oxygens (including phenoxy) is 2. The Morgan fingerprint density at radius 2 is 1.85 bits per heavy atom. The van der Waals surface area contributed by atoms with E-state index >= 15 is 0 Å². The molecule has 0 radical (unpaired) electrons. The highest BCUT2D eigenvalue weighted by Crippen LogP contribution is 2.38. The number of benzene rings is 3. The minimum Gasteiger partial charge on any atom is -0.490 e. The fraction of sp³-hybridized carbons (Fsp3) is 0.160. The van der Waals surface area contributed by atoms with Crippen molar-refractivity contribution in [2.45, 2.75) is 13.5 Å². The van der Waals surface area contributed by atoms with Gasteiger partial charge in [0.2, 0.25) is 0 Å². The van der Waals surface area contributed by atoms with E-state index in [0.717, 1.165) is 19.9 Å². The number of aliphatic carboxylic acids is 1. The van der Waals surface area contributed by atoms with E-state index in [2.05, 4.69) is 46.9 Å². The SMILES string of the molecule is CCOc1cc(/C=C2/SC(=O)N(CC(=O)O)C2=O)cc(I)c1OCc1ccc2ccccc2c1. The van der Waals surface area contributed by atoms with Crippen LogP contribution in [0.3, 0.4) is 0 Å². The van der Waals surface area contributed by atoms with E-state index in [4.69, 9.17) is 14.6 Å². The smallest absolute Gasteiger partial charge is 0.323 e. The van der Waals surface area contributed by atoms with Crippen LogP contribution in [0.4, 0.5) is 4.79 Å². The molecule has 3 aromatic carbocycles. The zero-order valence-corrected chi connectivity index (χ0v) is 21.1. The molecule has 2 amide bonds. The number of fused-ring (bicyclic) bond motifs is 1. The van der Waals surface area contributed by atoms with Gasteiger partial charge >= 0.3 is 5.97 Å². The first-order valence-corrected chi connectivity index (χ1v) is 12.3. The van der Waals surface area contributed by atoms with Gasteiger partial charge in [0.25, 0.3) is 11.1 Å². The molecule has 9 heteroatoms. The molecule has 1 N–H and O–H groups in total. The molecule has 0 aliphatic carbocycles. The molecular weight excluding hydrogens is 569 g/mol. The third kappa shape index (κ3) is 5.36. The summed E-state index contributed by atoms with van der Waals surface area (Å²) in [5.74, 6) is -0.760. The lowest BCUT2D eigenvalue weighted by atomic mass is 10.1. The van der Waals surface area contributed by atoms with E-state index in [-0.39, 0.29) is 4.91 Å². The van der Waals surface area contributed by atoms with Crippen LogP contribution in [0.15, 0.2) is 59.5 Å². The van der Waals surface area contributed by atoms with Crippen LogP contribution in [0.25, 0.3) is 16.8 Å². The molecule has 0 bridgehead atoms. The number of thioether (sulfide) groups is 1. The van der Waals surface area contributed by atoms with Gasteiger partial charge in [0.15, 0.2) is 11.5 Å². The minimum absolute atomic E-state index is 0.161. The van der Waals surface area contributed by atoms with Crippen LogP contribution in [0.5, 0.6) is 11.5 Å². The number of halogens is 1. The number of nitrogens with zero attached hydrogens (tertiary/aromatic N) is 1. The summed E-state index contributed by atoms with van der Waals surface area (Å²) in [4.78, 5) is 36.3. The number of carboxylic acid groups (broad SMARTS) is 1. The van der Waals surface area contributed by atoms with E-state index < -0.39 is 23.7 Å². The second-order valence-corrected chi connectivity index (χ2v) is 9.55. The maximum absolute atomic E-state index is 12.5. The summed E-state index contributed by atoms with van der Waals surface area (Å²) < 4.78 is 12.7. The summed E-state index contributed by atoms with van der Waals surface area (Å²) in [7, 11) is 0. The van der Waals surface area contributed by atoms with Crippen molar-refractivity contribution < 1.29 is 29.0 Å². The quantitative estimate of drug-likeness (QED) is 0.272. The lowest BCUT2D eigenvalue weighted by Gasteiger charge is -2.15. The summed E-state index contributed by atoms with van der Waals surface area (Å²) >= 11 is 2.86. The van der Waals surface area contributed by atoms with Crippen molar-refractivity contribution in [3.63, 3.8) is 0 Å². The highest BCUT2D eigenvalue weighted by atomic mass is 127. The largest absolute Gasteiger partial charge is 0.490 e. The molecule has 3 aromatic rings. The summed E-state index contributed by atoms with van der Waals surface area (Å²) in [5.41, 5.74) is 1.67. The van der Waals surface area contributed by atoms with Crippen molar-refractivity contribution in [2.75, 3.05) is 13.2 Å².